The third kappa shape index (κ3) is 2.68. The van der Waals surface area contributed by atoms with Crippen LogP contribution in [0.1, 0.15) is 5.56 Å². The van der Waals surface area contributed by atoms with Crippen molar-refractivity contribution in [2.24, 2.45) is 0 Å². The third-order valence-electron chi connectivity index (χ3n) is 3.68. The molecule has 0 fully saturated rings. The minimum absolute atomic E-state index is 0.400. The summed E-state index contributed by atoms with van der Waals surface area (Å²) in [4.78, 5) is 8.86. The highest BCUT2D eigenvalue weighted by atomic mass is 35.5. The quantitative estimate of drug-likeness (QED) is 0.582. The molecule has 3 heterocycles. The van der Waals surface area contributed by atoms with E-state index in [2.05, 4.69) is 15.1 Å². The van der Waals surface area contributed by atoms with Crippen LogP contribution in [0.5, 0.6) is 0 Å². The fourth-order valence-corrected chi connectivity index (χ4v) is 2.69. The van der Waals surface area contributed by atoms with Gasteiger partial charge in [0, 0.05) is 11.2 Å². The minimum Gasteiger partial charge on any atom is -0.369 e. The zero-order chi connectivity index (χ0) is 16.5. The van der Waals surface area contributed by atoms with Crippen LogP contribution in [0.25, 0.3) is 17.0 Å². The van der Waals surface area contributed by atoms with Crippen molar-refractivity contribution in [3.05, 3.63) is 71.6 Å². The summed E-state index contributed by atoms with van der Waals surface area (Å²) in [5.74, 6) is 0.889. The summed E-state index contributed by atoms with van der Waals surface area (Å²) in [6.45, 7) is 0.545. The van der Waals surface area contributed by atoms with Crippen molar-refractivity contribution < 1.29 is 4.57 Å². The van der Waals surface area contributed by atoms with E-state index >= 15 is 0 Å². The molecule has 0 spiro atoms. The highest BCUT2D eigenvalue weighted by Gasteiger charge is 2.19. The molecule has 0 unspecified atom stereocenters. The van der Waals surface area contributed by atoms with Gasteiger partial charge in [0.25, 0.3) is 5.65 Å². The van der Waals surface area contributed by atoms with Gasteiger partial charge >= 0.3 is 5.95 Å². The molecule has 1 aromatic carbocycles. The Morgan fingerprint density at radius 3 is 2.62 bits per heavy atom. The molecule has 3 aromatic heterocycles. The number of hydrogen-bond donors (Lipinski definition) is 1. The van der Waals surface area contributed by atoms with Crippen LogP contribution < -0.4 is 10.3 Å². The molecule has 6 nitrogen and oxygen atoms in total. The molecule has 0 bridgehead atoms. The average molecular weight is 338 g/mol. The monoisotopic (exact) mass is 337 g/mol. The summed E-state index contributed by atoms with van der Waals surface area (Å²) in [7, 11) is 0. The van der Waals surface area contributed by atoms with E-state index in [1.807, 2.05) is 61.1 Å². The Bertz CT molecular complexity index is 1010. The smallest absolute Gasteiger partial charge is 0.369 e. The van der Waals surface area contributed by atoms with Crippen LogP contribution in [-0.2, 0) is 6.54 Å². The first-order chi connectivity index (χ1) is 11.7. The van der Waals surface area contributed by atoms with Crippen LogP contribution >= 0.6 is 11.6 Å². The van der Waals surface area contributed by atoms with E-state index in [0.29, 0.717) is 29.0 Å². The molecule has 0 aliphatic heterocycles. The van der Waals surface area contributed by atoms with E-state index in [-0.39, 0.29) is 0 Å². The first-order valence-corrected chi connectivity index (χ1v) is 7.79. The highest BCUT2D eigenvalue weighted by Crippen LogP contribution is 2.20. The SMILES string of the molecule is Nc1nc(-[n+]2ccccc2)nc2nn(Cc3ccccc3Cl)cc12. The van der Waals surface area contributed by atoms with Crippen molar-refractivity contribution in [1.82, 2.24) is 19.7 Å². The second kappa shape index (κ2) is 5.90. The normalized spacial score (nSPS) is 11.0. The number of nitrogen functional groups attached to an aromatic ring is 1. The lowest BCUT2D eigenvalue weighted by molar-refractivity contribution is -0.603. The molecule has 24 heavy (non-hydrogen) atoms. The van der Waals surface area contributed by atoms with Crippen LogP contribution in [0, 0.1) is 0 Å². The predicted octanol–water partition coefficient (Wildman–Crippen LogP) is 2.39. The van der Waals surface area contributed by atoms with Crippen LogP contribution in [0.15, 0.2) is 61.1 Å². The largest absolute Gasteiger partial charge is 0.441 e. The number of hydrogen-bond acceptors (Lipinski definition) is 4. The van der Waals surface area contributed by atoms with E-state index in [1.54, 1.807) is 9.25 Å². The molecule has 118 valence electrons. The lowest BCUT2D eigenvalue weighted by atomic mass is 10.2. The molecule has 0 aliphatic carbocycles. The summed E-state index contributed by atoms with van der Waals surface area (Å²) >= 11 is 6.21. The molecule has 0 radical (unpaired) electrons. The number of benzene rings is 1. The minimum atomic E-state index is 0.400. The van der Waals surface area contributed by atoms with Gasteiger partial charge in [0.15, 0.2) is 0 Å². The average Bonchev–Trinajstić information content (AvgIpc) is 3.01. The highest BCUT2D eigenvalue weighted by molar-refractivity contribution is 6.31. The van der Waals surface area contributed by atoms with E-state index in [0.717, 1.165) is 10.9 Å². The van der Waals surface area contributed by atoms with Gasteiger partial charge in [-0.05, 0) is 33.7 Å². The molecule has 2 N–H and O–H groups in total. The Hall–Kier alpha value is -2.99. The summed E-state index contributed by atoms with van der Waals surface area (Å²) in [6, 6.07) is 13.4. The Morgan fingerprint density at radius 2 is 1.83 bits per heavy atom. The van der Waals surface area contributed by atoms with Crippen molar-refractivity contribution in [2.75, 3.05) is 5.73 Å². The van der Waals surface area contributed by atoms with E-state index < -0.39 is 0 Å². The predicted molar refractivity (Wildman–Crippen MR) is 91.8 cm³/mol. The van der Waals surface area contributed by atoms with Crippen LogP contribution in [0.2, 0.25) is 5.02 Å². The second-order valence-corrected chi connectivity index (χ2v) is 5.75. The Labute approximate surface area is 143 Å². The number of nitrogens with zero attached hydrogens (tertiary/aromatic N) is 5. The zero-order valence-electron chi connectivity index (χ0n) is 12.7. The molecule has 0 aliphatic rings. The van der Waals surface area contributed by atoms with E-state index in [9.17, 15) is 0 Å². The van der Waals surface area contributed by atoms with Gasteiger partial charge in [-0.1, -0.05) is 35.9 Å². The second-order valence-electron chi connectivity index (χ2n) is 5.35. The van der Waals surface area contributed by atoms with Gasteiger partial charge in [-0.2, -0.15) is 0 Å². The number of halogens is 1. The lowest BCUT2D eigenvalue weighted by Gasteiger charge is -2.02. The maximum absolute atomic E-state index is 6.21. The van der Waals surface area contributed by atoms with Gasteiger partial charge < -0.3 is 5.73 Å². The van der Waals surface area contributed by atoms with Crippen molar-refractivity contribution in [1.29, 1.82) is 0 Å². The summed E-state index contributed by atoms with van der Waals surface area (Å²) in [6.07, 6.45) is 5.57. The number of pyridine rings is 1. The van der Waals surface area contributed by atoms with Crippen molar-refractivity contribution in [2.45, 2.75) is 6.54 Å². The molecular weight excluding hydrogens is 324 g/mol. The lowest BCUT2D eigenvalue weighted by Crippen LogP contribution is -2.32. The van der Waals surface area contributed by atoms with Crippen molar-refractivity contribution in [3.8, 4) is 5.95 Å². The van der Waals surface area contributed by atoms with Gasteiger partial charge in [0.2, 0.25) is 5.82 Å². The fraction of sp³-hybridized carbons (Fsp3) is 0.0588. The van der Waals surface area contributed by atoms with Crippen molar-refractivity contribution in [3.63, 3.8) is 0 Å². The Morgan fingerprint density at radius 1 is 1.04 bits per heavy atom. The number of nitrogens with two attached hydrogens (primary N) is 1. The van der Waals surface area contributed by atoms with Gasteiger partial charge in [0.1, 0.15) is 5.39 Å². The summed E-state index contributed by atoms with van der Waals surface area (Å²) in [5, 5.41) is 5.94. The molecule has 0 saturated carbocycles. The van der Waals surface area contributed by atoms with E-state index in [4.69, 9.17) is 17.3 Å². The number of fused-ring (bicyclic) bond motifs is 1. The van der Waals surface area contributed by atoms with Gasteiger partial charge in [-0.25, -0.2) is 4.57 Å². The van der Waals surface area contributed by atoms with Crippen LogP contribution in [-0.4, -0.2) is 19.7 Å². The first kappa shape index (κ1) is 14.6. The van der Waals surface area contributed by atoms with Crippen LogP contribution in [0.3, 0.4) is 0 Å². The Kier molecular flexibility index (Phi) is 3.59. The first-order valence-electron chi connectivity index (χ1n) is 7.41. The molecule has 4 aromatic rings. The molecule has 0 atom stereocenters. The number of aromatic nitrogens is 5. The number of rotatable bonds is 3. The fourth-order valence-electron chi connectivity index (χ4n) is 2.49. The molecular formula is C17H14ClN6+. The molecule has 0 saturated heterocycles. The maximum atomic E-state index is 6.21. The van der Waals surface area contributed by atoms with Gasteiger partial charge in [-0.15, -0.1) is 5.10 Å². The summed E-state index contributed by atoms with van der Waals surface area (Å²) < 4.78 is 3.57. The maximum Gasteiger partial charge on any atom is 0.441 e. The Balaban J connectivity index is 1.76. The van der Waals surface area contributed by atoms with Crippen molar-refractivity contribution >= 4 is 28.5 Å². The zero-order valence-corrected chi connectivity index (χ0v) is 13.4. The standard InChI is InChI=1S/C17H14ClN6/c18-14-7-3-2-6-12(14)10-24-11-13-15(19)20-17(21-16(13)22-24)23-8-4-1-5-9-23/h1-9,11H,10H2,(H2,19,20,21,22)/q+1. The van der Waals surface area contributed by atoms with E-state index in [1.165, 1.54) is 0 Å². The topological polar surface area (TPSA) is 73.5 Å². The number of anilines is 1. The van der Waals surface area contributed by atoms with Gasteiger partial charge in [-0.3, -0.25) is 4.68 Å². The molecule has 7 heteroatoms. The molecule has 0 amide bonds. The summed E-state index contributed by atoms with van der Waals surface area (Å²) in [5.41, 5.74) is 7.63. The van der Waals surface area contributed by atoms with Crippen LogP contribution in [0.4, 0.5) is 5.82 Å². The molecule has 4 rings (SSSR count). The third-order valence-corrected chi connectivity index (χ3v) is 4.05. The van der Waals surface area contributed by atoms with Gasteiger partial charge in [0.05, 0.1) is 18.9 Å².